The molecule has 1 rings (SSSR count). The van der Waals surface area contributed by atoms with Crippen LogP contribution in [0.5, 0.6) is 0 Å². The van der Waals surface area contributed by atoms with Crippen LogP contribution in [0.15, 0.2) is 24.3 Å². The van der Waals surface area contributed by atoms with Gasteiger partial charge in [-0.1, -0.05) is 36.0 Å². The minimum Gasteiger partial charge on any atom is -0.363 e. The van der Waals surface area contributed by atoms with E-state index in [1.807, 2.05) is 24.3 Å². The van der Waals surface area contributed by atoms with E-state index < -0.39 is 0 Å². The SMILES string of the molecule is CCN(CC)C(=S)c1ccc(Cl)cc1. The molecule has 0 aliphatic carbocycles. The summed E-state index contributed by atoms with van der Waals surface area (Å²) >= 11 is 11.2. The Morgan fingerprint density at radius 1 is 1.21 bits per heavy atom. The number of thiocarbonyl (C=S) groups is 1. The van der Waals surface area contributed by atoms with E-state index in [1.54, 1.807) is 0 Å². The normalized spacial score (nSPS) is 9.93. The van der Waals surface area contributed by atoms with Crippen molar-refractivity contribution in [2.45, 2.75) is 13.8 Å². The quantitative estimate of drug-likeness (QED) is 0.729. The van der Waals surface area contributed by atoms with Gasteiger partial charge in [0.05, 0.1) is 0 Å². The molecule has 0 amide bonds. The van der Waals surface area contributed by atoms with Gasteiger partial charge in [0, 0.05) is 23.7 Å². The molecule has 0 aliphatic heterocycles. The third-order valence-electron chi connectivity index (χ3n) is 2.14. The molecule has 0 heterocycles. The highest BCUT2D eigenvalue weighted by molar-refractivity contribution is 7.80. The molecule has 0 spiro atoms. The lowest BCUT2D eigenvalue weighted by molar-refractivity contribution is 0.475. The fourth-order valence-corrected chi connectivity index (χ4v) is 1.81. The Morgan fingerprint density at radius 2 is 1.71 bits per heavy atom. The number of hydrogen-bond donors (Lipinski definition) is 0. The zero-order valence-corrected chi connectivity index (χ0v) is 10.0. The highest BCUT2D eigenvalue weighted by Crippen LogP contribution is 2.12. The Labute approximate surface area is 95.7 Å². The van der Waals surface area contributed by atoms with E-state index in [1.165, 1.54) is 0 Å². The predicted octanol–water partition coefficient (Wildman–Crippen LogP) is 3.36. The van der Waals surface area contributed by atoms with E-state index >= 15 is 0 Å². The van der Waals surface area contributed by atoms with Crippen LogP contribution < -0.4 is 0 Å². The molecule has 0 saturated heterocycles. The summed E-state index contributed by atoms with van der Waals surface area (Å²) in [6.07, 6.45) is 0. The molecule has 14 heavy (non-hydrogen) atoms. The van der Waals surface area contributed by atoms with E-state index in [0.29, 0.717) is 0 Å². The van der Waals surface area contributed by atoms with E-state index in [0.717, 1.165) is 28.7 Å². The summed E-state index contributed by atoms with van der Waals surface area (Å²) in [7, 11) is 0. The Morgan fingerprint density at radius 3 is 2.14 bits per heavy atom. The maximum absolute atomic E-state index is 5.81. The van der Waals surface area contributed by atoms with Crippen LogP contribution in [0.2, 0.25) is 5.02 Å². The lowest BCUT2D eigenvalue weighted by Gasteiger charge is -2.21. The standard InChI is InChI=1S/C11H14ClNS/c1-3-13(4-2)11(14)9-5-7-10(12)8-6-9/h5-8H,3-4H2,1-2H3. The van der Waals surface area contributed by atoms with Gasteiger partial charge >= 0.3 is 0 Å². The molecule has 0 unspecified atom stereocenters. The topological polar surface area (TPSA) is 3.24 Å². The third kappa shape index (κ3) is 2.69. The molecular weight excluding hydrogens is 214 g/mol. The highest BCUT2D eigenvalue weighted by atomic mass is 35.5. The first-order valence-electron chi connectivity index (χ1n) is 4.73. The highest BCUT2D eigenvalue weighted by Gasteiger charge is 2.06. The Kier molecular flexibility index (Phi) is 4.36. The van der Waals surface area contributed by atoms with Crippen LogP contribution in [-0.2, 0) is 0 Å². The molecule has 0 atom stereocenters. The predicted molar refractivity (Wildman–Crippen MR) is 66.1 cm³/mol. The summed E-state index contributed by atoms with van der Waals surface area (Å²) in [6, 6.07) is 7.66. The zero-order valence-electron chi connectivity index (χ0n) is 8.46. The second-order valence-electron chi connectivity index (χ2n) is 2.98. The fraction of sp³-hybridized carbons (Fsp3) is 0.364. The molecule has 1 aromatic carbocycles. The van der Waals surface area contributed by atoms with Crippen LogP contribution in [-0.4, -0.2) is 23.0 Å². The number of rotatable bonds is 3. The van der Waals surface area contributed by atoms with Crippen molar-refractivity contribution in [3.8, 4) is 0 Å². The summed E-state index contributed by atoms with van der Waals surface area (Å²) in [6.45, 7) is 6.09. The maximum atomic E-state index is 5.81. The van der Waals surface area contributed by atoms with Crippen LogP contribution in [0.25, 0.3) is 0 Å². The smallest absolute Gasteiger partial charge is 0.109 e. The summed E-state index contributed by atoms with van der Waals surface area (Å²) in [5.74, 6) is 0. The number of hydrogen-bond acceptors (Lipinski definition) is 1. The van der Waals surface area contributed by atoms with Gasteiger partial charge < -0.3 is 4.90 Å². The Balaban J connectivity index is 2.83. The van der Waals surface area contributed by atoms with Crippen molar-refractivity contribution < 1.29 is 0 Å². The van der Waals surface area contributed by atoms with Crippen molar-refractivity contribution in [3.63, 3.8) is 0 Å². The Hall–Kier alpha value is -0.600. The molecule has 0 radical (unpaired) electrons. The number of benzene rings is 1. The molecule has 0 N–H and O–H groups in total. The van der Waals surface area contributed by atoms with Crippen LogP contribution >= 0.6 is 23.8 Å². The zero-order chi connectivity index (χ0) is 10.6. The van der Waals surface area contributed by atoms with Crippen LogP contribution in [0, 0.1) is 0 Å². The van der Waals surface area contributed by atoms with Gasteiger partial charge in [-0.25, -0.2) is 0 Å². The third-order valence-corrected chi connectivity index (χ3v) is 2.89. The molecule has 0 saturated carbocycles. The monoisotopic (exact) mass is 227 g/mol. The minimum atomic E-state index is 0.746. The van der Waals surface area contributed by atoms with E-state index in [-0.39, 0.29) is 0 Å². The molecule has 0 aromatic heterocycles. The summed E-state index contributed by atoms with van der Waals surface area (Å²) in [4.78, 5) is 3.05. The van der Waals surface area contributed by atoms with Gasteiger partial charge in [-0.05, 0) is 26.0 Å². The molecule has 3 heteroatoms. The molecule has 1 nitrogen and oxygen atoms in total. The van der Waals surface area contributed by atoms with Crippen molar-refractivity contribution in [1.29, 1.82) is 0 Å². The van der Waals surface area contributed by atoms with Gasteiger partial charge in [0.1, 0.15) is 4.99 Å². The molecule has 76 valence electrons. The molecule has 0 fully saturated rings. The first-order chi connectivity index (χ1) is 6.69. The van der Waals surface area contributed by atoms with Gasteiger partial charge in [-0.15, -0.1) is 0 Å². The Bertz CT molecular complexity index is 304. The van der Waals surface area contributed by atoms with Crippen LogP contribution in [0.1, 0.15) is 19.4 Å². The summed E-state index contributed by atoms with van der Waals surface area (Å²) in [5, 5.41) is 0.746. The van der Waals surface area contributed by atoms with Gasteiger partial charge in [0.25, 0.3) is 0 Å². The van der Waals surface area contributed by atoms with E-state index in [4.69, 9.17) is 23.8 Å². The van der Waals surface area contributed by atoms with E-state index in [9.17, 15) is 0 Å². The van der Waals surface area contributed by atoms with Crippen LogP contribution in [0.3, 0.4) is 0 Å². The fourth-order valence-electron chi connectivity index (χ4n) is 1.29. The number of nitrogens with zero attached hydrogens (tertiary/aromatic N) is 1. The summed E-state index contributed by atoms with van der Waals surface area (Å²) in [5.41, 5.74) is 1.06. The van der Waals surface area contributed by atoms with Gasteiger partial charge in [0.15, 0.2) is 0 Å². The molecular formula is C11H14ClNS. The average molecular weight is 228 g/mol. The van der Waals surface area contributed by atoms with Gasteiger partial charge in [-0.2, -0.15) is 0 Å². The van der Waals surface area contributed by atoms with Crippen molar-refractivity contribution in [1.82, 2.24) is 4.90 Å². The maximum Gasteiger partial charge on any atom is 0.109 e. The van der Waals surface area contributed by atoms with Crippen molar-refractivity contribution in [3.05, 3.63) is 34.9 Å². The molecule has 1 aromatic rings. The lowest BCUT2D eigenvalue weighted by Crippen LogP contribution is -2.29. The van der Waals surface area contributed by atoms with Crippen molar-refractivity contribution >= 4 is 28.8 Å². The second kappa shape index (κ2) is 5.32. The van der Waals surface area contributed by atoms with E-state index in [2.05, 4.69) is 18.7 Å². The van der Waals surface area contributed by atoms with Crippen LogP contribution in [0.4, 0.5) is 0 Å². The van der Waals surface area contributed by atoms with Gasteiger partial charge in [0.2, 0.25) is 0 Å². The molecule has 0 bridgehead atoms. The minimum absolute atomic E-state index is 0.746. The largest absolute Gasteiger partial charge is 0.363 e. The lowest BCUT2D eigenvalue weighted by atomic mass is 10.2. The first kappa shape index (κ1) is 11.5. The van der Waals surface area contributed by atoms with Crippen molar-refractivity contribution in [2.24, 2.45) is 0 Å². The first-order valence-corrected chi connectivity index (χ1v) is 5.52. The van der Waals surface area contributed by atoms with Gasteiger partial charge in [-0.3, -0.25) is 0 Å². The average Bonchev–Trinajstić information content (AvgIpc) is 2.20. The second-order valence-corrected chi connectivity index (χ2v) is 3.81. The molecule has 0 aliphatic rings. The van der Waals surface area contributed by atoms with Crippen molar-refractivity contribution in [2.75, 3.05) is 13.1 Å². The number of halogens is 1. The summed E-state index contributed by atoms with van der Waals surface area (Å²) < 4.78 is 0.